The lowest BCUT2D eigenvalue weighted by molar-refractivity contribution is 0.393. The van der Waals surface area contributed by atoms with Crippen LogP contribution < -0.4 is 0 Å². The van der Waals surface area contributed by atoms with Crippen molar-refractivity contribution in [3.05, 3.63) is 35.7 Å². The zero-order valence-corrected chi connectivity index (χ0v) is 11.0. The molecule has 0 aliphatic carbocycles. The second kappa shape index (κ2) is 4.84. The van der Waals surface area contributed by atoms with Crippen LogP contribution in [0.5, 0.6) is 0 Å². The number of rotatable bonds is 3. The number of benzene rings is 1. The highest BCUT2D eigenvalue weighted by atomic mass is 32.2. The van der Waals surface area contributed by atoms with Crippen molar-refractivity contribution in [2.24, 2.45) is 0 Å². The summed E-state index contributed by atoms with van der Waals surface area (Å²) in [5.74, 6) is 1.46. The molecule has 0 bridgehead atoms. The number of aromatic nitrogens is 1. The van der Waals surface area contributed by atoms with Crippen molar-refractivity contribution in [3.8, 4) is 11.1 Å². The monoisotopic (exact) mass is 249 g/mol. The second-order valence-corrected chi connectivity index (χ2v) is 5.60. The number of nitrogens with zero attached hydrogens (tertiary/aromatic N) is 1. The normalized spacial score (nSPS) is 12.6. The Hall–Kier alpha value is -1.42. The van der Waals surface area contributed by atoms with Gasteiger partial charge in [-0.3, -0.25) is 4.21 Å². The Kier molecular flexibility index (Phi) is 3.43. The first-order valence-corrected chi connectivity index (χ1v) is 6.87. The van der Waals surface area contributed by atoms with Gasteiger partial charge in [-0.2, -0.15) is 0 Å². The average Bonchev–Trinajstić information content (AvgIpc) is 2.68. The van der Waals surface area contributed by atoms with E-state index in [-0.39, 0.29) is 0 Å². The maximum Gasteiger partial charge on any atom is 0.141 e. The van der Waals surface area contributed by atoms with Crippen LogP contribution >= 0.6 is 0 Å². The second-order valence-electron chi connectivity index (χ2n) is 3.86. The quantitative estimate of drug-likeness (QED) is 0.839. The average molecular weight is 249 g/mol. The van der Waals surface area contributed by atoms with Crippen LogP contribution in [0.25, 0.3) is 11.1 Å². The van der Waals surface area contributed by atoms with Gasteiger partial charge in [-0.1, -0.05) is 24.2 Å². The number of hydrogen-bond donors (Lipinski definition) is 0. The van der Waals surface area contributed by atoms with Gasteiger partial charge in [0.1, 0.15) is 5.76 Å². The lowest BCUT2D eigenvalue weighted by Crippen LogP contribution is -1.93. The zero-order valence-electron chi connectivity index (χ0n) is 10.2. The molecule has 17 heavy (non-hydrogen) atoms. The van der Waals surface area contributed by atoms with Gasteiger partial charge in [-0.05, 0) is 31.5 Å². The maximum absolute atomic E-state index is 11.6. The standard InChI is InChI=1S/C13H15NO2S/c1-4-17(15)12-7-5-11(6-8-12)13-9(2)14-16-10(13)3/h5-8H,4H2,1-3H3. The molecule has 0 saturated carbocycles. The summed E-state index contributed by atoms with van der Waals surface area (Å²) in [6.45, 7) is 5.73. The molecule has 0 aliphatic rings. The first kappa shape index (κ1) is 12.0. The van der Waals surface area contributed by atoms with E-state index in [2.05, 4.69) is 5.16 Å². The topological polar surface area (TPSA) is 43.1 Å². The third kappa shape index (κ3) is 2.31. The fraction of sp³-hybridized carbons (Fsp3) is 0.308. The summed E-state index contributed by atoms with van der Waals surface area (Å²) in [6.07, 6.45) is 0. The molecular weight excluding hydrogens is 234 g/mol. The van der Waals surface area contributed by atoms with Gasteiger partial charge < -0.3 is 4.52 Å². The Morgan fingerprint density at radius 3 is 2.35 bits per heavy atom. The molecule has 2 rings (SSSR count). The zero-order chi connectivity index (χ0) is 12.4. The minimum Gasteiger partial charge on any atom is -0.361 e. The molecule has 1 heterocycles. The highest BCUT2D eigenvalue weighted by Crippen LogP contribution is 2.27. The van der Waals surface area contributed by atoms with Crippen LogP contribution in [0.4, 0.5) is 0 Å². The lowest BCUT2D eigenvalue weighted by atomic mass is 10.0. The van der Waals surface area contributed by atoms with Crippen molar-refractivity contribution in [1.29, 1.82) is 0 Å². The molecule has 0 saturated heterocycles. The molecule has 1 aromatic heterocycles. The van der Waals surface area contributed by atoms with E-state index >= 15 is 0 Å². The summed E-state index contributed by atoms with van der Waals surface area (Å²) in [7, 11) is -0.895. The number of aryl methyl sites for hydroxylation is 2. The van der Waals surface area contributed by atoms with E-state index in [0.29, 0.717) is 5.75 Å². The van der Waals surface area contributed by atoms with Crippen molar-refractivity contribution < 1.29 is 8.73 Å². The first-order chi connectivity index (χ1) is 8.13. The highest BCUT2D eigenvalue weighted by molar-refractivity contribution is 7.85. The van der Waals surface area contributed by atoms with Gasteiger partial charge in [0.25, 0.3) is 0 Å². The molecule has 1 aromatic carbocycles. The van der Waals surface area contributed by atoms with E-state index in [4.69, 9.17) is 4.52 Å². The van der Waals surface area contributed by atoms with Crippen molar-refractivity contribution in [3.63, 3.8) is 0 Å². The molecule has 0 fully saturated rings. The molecule has 2 aromatic rings. The van der Waals surface area contributed by atoms with E-state index in [1.807, 2.05) is 45.0 Å². The largest absolute Gasteiger partial charge is 0.361 e. The predicted molar refractivity (Wildman–Crippen MR) is 68.4 cm³/mol. The SMILES string of the molecule is CCS(=O)c1ccc(-c2c(C)noc2C)cc1. The van der Waals surface area contributed by atoms with Gasteiger partial charge >= 0.3 is 0 Å². The molecule has 90 valence electrons. The van der Waals surface area contributed by atoms with E-state index < -0.39 is 10.8 Å². The van der Waals surface area contributed by atoms with Gasteiger partial charge in [0.15, 0.2) is 0 Å². The summed E-state index contributed by atoms with van der Waals surface area (Å²) in [5.41, 5.74) is 2.96. The third-order valence-corrected chi connectivity index (χ3v) is 4.02. The minimum absolute atomic E-state index is 0.644. The maximum atomic E-state index is 11.6. The van der Waals surface area contributed by atoms with Gasteiger partial charge in [0.2, 0.25) is 0 Å². The van der Waals surface area contributed by atoms with Gasteiger partial charge in [0, 0.05) is 16.2 Å². The van der Waals surface area contributed by atoms with Crippen molar-refractivity contribution >= 4 is 10.8 Å². The van der Waals surface area contributed by atoms with E-state index in [1.54, 1.807) is 0 Å². The van der Waals surface area contributed by atoms with Crippen molar-refractivity contribution in [1.82, 2.24) is 5.16 Å². The van der Waals surface area contributed by atoms with Crippen molar-refractivity contribution in [2.45, 2.75) is 25.7 Å². The van der Waals surface area contributed by atoms with E-state index in [9.17, 15) is 4.21 Å². The minimum atomic E-state index is -0.895. The summed E-state index contributed by atoms with van der Waals surface area (Å²) in [6, 6.07) is 7.74. The predicted octanol–water partition coefficient (Wildman–Crippen LogP) is 3.09. The fourth-order valence-electron chi connectivity index (χ4n) is 1.84. The van der Waals surface area contributed by atoms with E-state index in [1.165, 1.54) is 0 Å². The summed E-state index contributed by atoms with van der Waals surface area (Å²) < 4.78 is 16.8. The molecule has 3 nitrogen and oxygen atoms in total. The first-order valence-electron chi connectivity index (χ1n) is 5.55. The molecule has 0 N–H and O–H groups in total. The van der Waals surface area contributed by atoms with Gasteiger partial charge in [-0.25, -0.2) is 0 Å². The molecular formula is C13H15NO2S. The molecule has 0 amide bonds. The Bertz CT molecular complexity index is 524. The Labute approximate surface area is 103 Å². The van der Waals surface area contributed by atoms with Crippen LogP contribution in [0, 0.1) is 13.8 Å². The molecule has 0 radical (unpaired) electrons. The highest BCUT2D eigenvalue weighted by Gasteiger charge is 2.11. The lowest BCUT2D eigenvalue weighted by Gasteiger charge is -2.02. The fourth-order valence-corrected chi connectivity index (χ4v) is 2.61. The molecule has 0 spiro atoms. The van der Waals surface area contributed by atoms with Gasteiger partial charge in [0.05, 0.1) is 16.5 Å². The van der Waals surface area contributed by atoms with Crippen molar-refractivity contribution in [2.75, 3.05) is 5.75 Å². The third-order valence-electron chi connectivity index (χ3n) is 2.70. The number of hydrogen-bond acceptors (Lipinski definition) is 3. The summed E-state index contributed by atoms with van der Waals surface area (Å²) >= 11 is 0. The molecule has 1 unspecified atom stereocenters. The van der Waals surface area contributed by atoms with Crippen LogP contribution in [-0.4, -0.2) is 15.1 Å². The van der Waals surface area contributed by atoms with Crippen LogP contribution in [0.1, 0.15) is 18.4 Å². The summed E-state index contributed by atoms with van der Waals surface area (Å²) in [5, 5.41) is 3.93. The Balaban J connectivity index is 2.39. The van der Waals surface area contributed by atoms with Crippen LogP contribution in [0.3, 0.4) is 0 Å². The molecule has 4 heteroatoms. The molecule has 0 aliphatic heterocycles. The van der Waals surface area contributed by atoms with E-state index in [0.717, 1.165) is 27.5 Å². The Morgan fingerprint density at radius 2 is 1.88 bits per heavy atom. The van der Waals surface area contributed by atoms with Crippen LogP contribution in [-0.2, 0) is 10.8 Å². The molecule has 1 atom stereocenters. The van der Waals surface area contributed by atoms with Gasteiger partial charge in [-0.15, -0.1) is 0 Å². The Morgan fingerprint density at radius 1 is 1.24 bits per heavy atom. The van der Waals surface area contributed by atoms with Crippen LogP contribution in [0.15, 0.2) is 33.7 Å². The van der Waals surface area contributed by atoms with Crippen LogP contribution in [0.2, 0.25) is 0 Å². The smallest absolute Gasteiger partial charge is 0.141 e. The summed E-state index contributed by atoms with van der Waals surface area (Å²) in [4.78, 5) is 0.864.